The van der Waals surface area contributed by atoms with Gasteiger partial charge in [0.25, 0.3) is 0 Å². The van der Waals surface area contributed by atoms with Crippen LogP contribution in [-0.4, -0.2) is 32.6 Å². The first-order valence-electron chi connectivity index (χ1n) is 6.33. The van der Waals surface area contributed by atoms with Gasteiger partial charge >= 0.3 is 0 Å². The molecular weight excluding hydrogens is 260 g/mol. The van der Waals surface area contributed by atoms with Crippen LogP contribution >= 0.6 is 0 Å². The molecule has 0 spiro atoms. The largest absolute Gasteiger partial charge is 0.493 e. The van der Waals surface area contributed by atoms with E-state index in [9.17, 15) is 9.59 Å². The fraction of sp³-hybridized carbons (Fsp3) is 0.429. The van der Waals surface area contributed by atoms with Crippen LogP contribution in [0.1, 0.15) is 19.8 Å². The molecule has 6 heteroatoms. The summed E-state index contributed by atoms with van der Waals surface area (Å²) in [6.07, 6.45) is 0.938. The summed E-state index contributed by atoms with van der Waals surface area (Å²) in [7, 11) is 3.09. The molecule has 0 fully saturated rings. The van der Waals surface area contributed by atoms with Crippen LogP contribution in [-0.2, 0) is 9.59 Å². The number of benzene rings is 1. The van der Waals surface area contributed by atoms with Crippen LogP contribution in [0.5, 0.6) is 11.5 Å². The maximum absolute atomic E-state index is 11.7. The number of ether oxygens (including phenoxy) is 2. The third-order valence-electron chi connectivity index (χ3n) is 2.62. The van der Waals surface area contributed by atoms with Gasteiger partial charge in [-0.25, -0.2) is 0 Å². The highest BCUT2D eigenvalue weighted by Gasteiger charge is 2.07. The standard InChI is InChI=1S/C14H20N2O4/c1-10(17)15-8-4-5-14(18)16-11-6-7-12(19-2)13(9-11)20-3/h6-7,9H,4-5,8H2,1-3H3,(H,15,17)(H,16,18). The number of hydrogen-bond acceptors (Lipinski definition) is 4. The van der Waals surface area contributed by atoms with Crippen LogP contribution in [0.3, 0.4) is 0 Å². The third-order valence-corrected chi connectivity index (χ3v) is 2.62. The highest BCUT2D eigenvalue weighted by atomic mass is 16.5. The number of carbonyl (C=O) groups excluding carboxylic acids is 2. The van der Waals surface area contributed by atoms with Crippen molar-refractivity contribution in [2.45, 2.75) is 19.8 Å². The third kappa shape index (κ3) is 5.17. The summed E-state index contributed by atoms with van der Waals surface area (Å²) >= 11 is 0. The predicted molar refractivity (Wildman–Crippen MR) is 76.1 cm³/mol. The van der Waals surface area contributed by atoms with E-state index in [-0.39, 0.29) is 11.8 Å². The van der Waals surface area contributed by atoms with Crippen molar-refractivity contribution in [2.24, 2.45) is 0 Å². The van der Waals surface area contributed by atoms with Gasteiger partial charge in [0.05, 0.1) is 14.2 Å². The van der Waals surface area contributed by atoms with Crippen molar-refractivity contribution in [3.05, 3.63) is 18.2 Å². The molecule has 1 aromatic carbocycles. The first kappa shape index (κ1) is 15.8. The number of anilines is 1. The molecule has 0 aliphatic carbocycles. The molecule has 1 rings (SSSR count). The molecule has 1 aromatic rings. The van der Waals surface area contributed by atoms with Gasteiger partial charge in [-0.05, 0) is 18.6 Å². The Morgan fingerprint density at radius 2 is 1.85 bits per heavy atom. The number of methoxy groups -OCH3 is 2. The van der Waals surface area contributed by atoms with Crippen LogP contribution in [0.4, 0.5) is 5.69 Å². The first-order chi connectivity index (χ1) is 9.56. The molecule has 0 saturated carbocycles. The van der Waals surface area contributed by atoms with Gasteiger partial charge in [-0.1, -0.05) is 0 Å². The van der Waals surface area contributed by atoms with Gasteiger partial charge in [0, 0.05) is 31.6 Å². The molecule has 0 aromatic heterocycles. The molecule has 0 radical (unpaired) electrons. The summed E-state index contributed by atoms with van der Waals surface area (Å²) < 4.78 is 10.3. The van der Waals surface area contributed by atoms with Crippen LogP contribution in [0.2, 0.25) is 0 Å². The van der Waals surface area contributed by atoms with Gasteiger partial charge in [-0.3, -0.25) is 9.59 Å². The van der Waals surface area contributed by atoms with Crippen molar-refractivity contribution >= 4 is 17.5 Å². The normalized spacial score (nSPS) is 9.75. The minimum Gasteiger partial charge on any atom is -0.493 e. The zero-order chi connectivity index (χ0) is 15.0. The fourth-order valence-electron chi connectivity index (χ4n) is 1.65. The quantitative estimate of drug-likeness (QED) is 0.743. The van der Waals surface area contributed by atoms with Gasteiger partial charge in [0.15, 0.2) is 11.5 Å². The first-order valence-corrected chi connectivity index (χ1v) is 6.33. The van der Waals surface area contributed by atoms with Crippen molar-refractivity contribution in [1.29, 1.82) is 0 Å². The Bertz CT molecular complexity index is 474. The summed E-state index contributed by atoms with van der Waals surface area (Å²) in [5.74, 6) is 0.965. The SMILES string of the molecule is COc1ccc(NC(=O)CCCNC(C)=O)cc1OC. The van der Waals surface area contributed by atoms with Crippen molar-refractivity contribution in [2.75, 3.05) is 26.1 Å². The van der Waals surface area contributed by atoms with Crippen molar-refractivity contribution in [3.63, 3.8) is 0 Å². The van der Waals surface area contributed by atoms with E-state index in [1.54, 1.807) is 25.3 Å². The summed E-state index contributed by atoms with van der Waals surface area (Å²) in [6, 6.07) is 5.17. The highest BCUT2D eigenvalue weighted by Crippen LogP contribution is 2.29. The van der Waals surface area contributed by atoms with Gasteiger partial charge < -0.3 is 20.1 Å². The van der Waals surface area contributed by atoms with E-state index in [1.807, 2.05) is 0 Å². The molecule has 0 saturated heterocycles. The summed E-state index contributed by atoms with van der Waals surface area (Å²) in [4.78, 5) is 22.4. The second-order valence-electron chi connectivity index (χ2n) is 4.20. The Balaban J connectivity index is 2.47. The number of nitrogens with one attached hydrogen (secondary N) is 2. The van der Waals surface area contributed by atoms with E-state index in [2.05, 4.69) is 10.6 Å². The maximum atomic E-state index is 11.7. The summed E-state index contributed by atoms with van der Waals surface area (Å²) in [5.41, 5.74) is 0.646. The summed E-state index contributed by atoms with van der Waals surface area (Å²) in [5, 5.41) is 5.41. The number of hydrogen-bond donors (Lipinski definition) is 2. The number of amides is 2. The lowest BCUT2D eigenvalue weighted by Crippen LogP contribution is -2.22. The van der Waals surface area contributed by atoms with E-state index in [4.69, 9.17) is 9.47 Å². The highest BCUT2D eigenvalue weighted by molar-refractivity contribution is 5.91. The molecule has 2 N–H and O–H groups in total. The van der Waals surface area contributed by atoms with Gasteiger partial charge in [0.1, 0.15) is 0 Å². The van der Waals surface area contributed by atoms with Crippen LogP contribution in [0.25, 0.3) is 0 Å². The lowest BCUT2D eigenvalue weighted by Gasteiger charge is -2.10. The van der Waals surface area contributed by atoms with Crippen molar-refractivity contribution in [1.82, 2.24) is 5.32 Å². The molecule has 0 bridgehead atoms. The minimum absolute atomic E-state index is 0.0923. The second kappa shape index (κ2) is 8.04. The van der Waals surface area contributed by atoms with Crippen LogP contribution in [0, 0.1) is 0 Å². The predicted octanol–water partition coefficient (Wildman–Crippen LogP) is 1.56. The Kier molecular flexibility index (Phi) is 6.36. The molecule has 0 heterocycles. The Morgan fingerprint density at radius 3 is 2.45 bits per heavy atom. The fourth-order valence-corrected chi connectivity index (χ4v) is 1.65. The Labute approximate surface area is 118 Å². The van der Waals surface area contributed by atoms with E-state index >= 15 is 0 Å². The van der Waals surface area contributed by atoms with Gasteiger partial charge in [-0.15, -0.1) is 0 Å². The average molecular weight is 280 g/mol. The zero-order valence-corrected chi connectivity index (χ0v) is 12.0. The van der Waals surface area contributed by atoms with E-state index in [1.165, 1.54) is 14.0 Å². The van der Waals surface area contributed by atoms with Crippen molar-refractivity contribution < 1.29 is 19.1 Å². The van der Waals surface area contributed by atoms with E-state index in [0.717, 1.165) is 0 Å². The molecule has 6 nitrogen and oxygen atoms in total. The molecule has 110 valence electrons. The smallest absolute Gasteiger partial charge is 0.224 e. The Hall–Kier alpha value is -2.24. The van der Waals surface area contributed by atoms with E-state index in [0.29, 0.717) is 36.6 Å². The van der Waals surface area contributed by atoms with Gasteiger partial charge in [-0.2, -0.15) is 0 Å². The monoisotopic (exact) mass is 280 g/mol. The van der Waals surface area contributed by atoms with Gasteiger partial charge in [0.2, 0.25) is 11.8 Å². The molecule has 0 aliphatic heterocycles. The molecule has 0 aliphatic rings. The second-order valence-corrected chi connectivity index (χ2v) is 4.20. The average Bonchev–Trinajstić information content (AvgIpc) is 2.43. The van der Waals surface area contributed by atoms with Crippen molar-refractivity contribution in [3.8, 4) is 11.5 Å². The number of carbonyl (C=O) groups is 2. The molecule has 20 heavy (non-hydrogen) atoms. The lowest BCUT2D eigenvalue weighted by molar-refractivity contribution is -0.119. The number of rotatable bonds is 7. The molecular formula is C14H20N2O4. The molecule has 0 atom stereocenters. The van der Waals surface area contributed by atoms with Crippen LogP contribution in [0.15, 0.2) is 18.2 Å². The zero-order valence-electron chi connectivity index (χ0n) is 12.0. The lowest BCUT2D eigenvalue weighted by atomic mass is 10.2. The Morgan fingerprint density at radius 1 is 1.15 bits per heavy atom. The summed E-state index contributed by atoms with van der Waals surface area (Å²) in [6.45, 7) is 1.94. The molecule has 0 unspecified atom stereocenters. The van der Waals surface area contributed by atoms with Crippen LogP contribution < -0.4 is 20.1 Å². The van der Waals surface area contributed by atoms with E-state index < -0.39 is 0 Å². The minimum atomic E-state index is -0.109. The maximum Gasteiger partial charge on any atom is 0.224 e. The molecule has 2 amide bonds. The topological polar surface area (TPSA) is 76.7 Å².